The van der Waals surface area contributed by atoms with Crippen molar-refractivity contribution in [2.45, 2.75) is 31.9 Å². The van der Waals surface area contributed by atoms with E-state index < -0.39 is 31.1 Å². The fourth-order valence-electron chi connectivity index (χ4n) is 3.58. The van der Waals surface area contributed by atoms with Gasteiger partial charge >= 0.3 is 6.09 Å². The second-order valence-electron chi connectivity index (χ2n) is 8.53. The quantitative estimate of drug-likeness (QED) is 0.248. The molecule has 1 aliphatic rings. The number of hydrogen-bond acceptors (Lipinski definition) is 12. The maximum atomic E-state index is 12.8. The van der Waals surface area contributed by atoms with Gasteiger partial charge in [-0.1, -0.05) is 11.2 Å². The molecule has 0 spiro atoms. The number of hydrogen-bond donors (Lipinski definition) is 5. The van der Waals surface area contributed by atoms with Crippen LogP contribution in [0.5, 0.6) is 5.75 Å². The second-order valence-corrected chi connectivity index (χ2v) is 8.53. The van der Waals surface area contributed by atoms with Gasteiger partial charge in [0.2, 0.25) is 5.91 Å². The van der Waals surface area contributed by atoms with Crippen LogP contribution in [-0.4, -0.2) is 70.7 Å². The highest BCUT2D eigenvalue weighted by molar-refractivity contribution is 6.00. The lowest BCUT2D eigenvalue weighted by molar-refractivity contribution is -0.117. The monoisotopic (exact) mass is 543 g/mol. The van der Waals surface area contributed by atoms with Crippen molar-refractivity contribution in [3.63, 3.8) is 0 Å². The van der Waals surface area contributed by atoms with Crippen molar-refractivity contribution in [1.82, 2.24) is 31.0 Å². The fourth-order valence-corrected chi connectivity index (χ4v) is 3.58. The van der Waals surface area contributed by atoms with Crippen molar-refractivity contribution in [3.05, 3.63) is 35.8 Å². The lowest BCUT2D eigenvalue weighted by Gasteiger charge is -2.17. The zero-order valence-corrected chi connectivity index (χ0v) is 21.1. The molecule has 1 aliphatic carbocycles. The van der Waals surface area contributed by atoms with Gasteiger partial charge in [0, 0.05) is 23.1 Å². The number of aromatic nitrogens is 4. The molecule has 0 bridgehead atoms. The Morgan fingerprint density at radius 1 is 1.21 bits per heavy atom. The number of carbonyl (C=O) groups excluding carboxylic acids is 3. The van der Waals surface area contributed by atoms with Crippen LogP contribution < -0.4 is 26.0 Å². The Labute approximate surface area is 226 Å². The third-order valence-corrected chi connectivity index (χ3v) is 5.70. The highest BCUT2D eigenvalue weighted by Crippen LogP contribution is 2.38. The zero-order valence-electron chi connectivity index (χ0n) is 24.1. The van der Waals surface area contributed by atoms with E-state index in [4.69, 9.17) is 13.4 Å². The minimum atomic E-state index is -2.80. The van der Waals surface area contributed by atoms with Gasteiger partial charge in [-0.3, -0.25) is 9.59 Å². The topological polar surface area (TPSA) is 203 Å². The maximum Gasteiger partial charge on any atom is 0.407 e. The van der Waals surface area contributed by atoms with E-state index in [0.29, 0.717) is 5.56 Å². The number of para-hydroxylation sites is 1. The number of aliphatic hydroxyl groups excluding tert-OH is 1. The van der Waals surface area contributed by atoms with Crippen molar-refractivity contribution in [3.8, 4) is 17.2 Å². The predicted octanol–water partition coefficient (Wildman–Crippen LogP) is 1.76. The molecule has 15 heteroatoms. The Bertz CT molecular complexity index is 1480. The molecule has 1 aromatic carbocycles. The first-order valence-electron chi connectivity index (χ1n) is 13.2. The molecule has 206 valence electrons. The third-order valence-electron chi connectivity index (χ3n) is 5.70. The van der Waals surface area contributed by atoms with Gasteiger partial charge in [0.15, 0.2) is 23.1 Å². The maximum absolute atomic E-state index is 12.8. The summed E-state index contributed by atoms with van der Waals surface area (Å²) >= 11 is 0. The van der Waals surface area contributed by atoms with E-state index in [0.717, 1.165) is 12.8 Å². The van der Waals surface area contributed by atoms with Crippen molar-refractivity contribution >= 4 is 35.1 Å². The molecule has 0 aliphatic heterocycles. The standard InChI is InChI=1S/C24H28N8O7/c1-11(33)17(28-24(36)38-4)20-29-23(39-32-20)13-6-5-7-14(19(13)37-3)26-15-10-16(27-21(34)12-8-9-12)30-31-18(15)22(35)25-2/h5-7,10-12,17,33H,8-9H2,1-4H3,(H,25,35)(H,28,36)(H2,26,27,30,34)/t11-,17+/m1/s1/i2D3. The molecule has 1 fully saturated rings. The highest BCUT2D eigenvalue weighted by atomic mass is 16.5. The van der Waals surface area contributed by atoms with Crippen molar-refractivity contribution in [2.75, 3.05) is 31.8 Å². The molecular formula is C24H28N8O7. The number of amides is 3. The number of nitrogens with zero attached hydrogens (tertiary/aromatic N) is 4. The van der Waals surface area contributed by atoms with Crippen molar-refractivity contribution in [1.29, 1.82) is 0 Å². The lowest BCUT2D eigenvalue weighted by atomic mass is 10.1. The minimum absolute atomic E-state index is 0.0102. The second kappa shape index (κ2) is 11.7. The van der Waals surface area contributed by atoms with Crippen LogP contribution in [0.4, 0.5) is 22.0 Å². The molecule has 3 aromatic rings. The molecule has 2 aromatic heterocycles. The Morgan fingerprint density at radius 3 is 2.67 bits per heavy atom. The van der Waals surface area contributed by atoms with Gasteiger partial charge in [-0.05, 0) is 31.9 Å². The molecule has 2 atom stereocenters. The number of ether oxygens (including phenoxy) is 2. The average Bonchev–Trinajstić information content (AvgIpc) is 3.67. The SMILES string of the molecule is [2H]C([2H])([2H])NC(=O)c1nnc(NC(=O)C2CC2)cc1Nc1cccc(-c2nc([C@@H](NC(=O)OC)[C@@H](C)O)no2)c1OC. The fraction of sp³-hybridized carbons (Fsp3) is 0.375. The first-order valence-corrected chi connectivity index (χ1v) is 11.7. The molecule has 2 heterocycles. The van der Waals surface area contributed by atoms with E-state index in [1.165, 1.54) is 27.2 Å². The van der Waals surface area contributed by atoms with E-state index in [9.17, 15) is 19.5 Å². The van der Waals surface area contributed by atoms with Crippen LogP contribution in [-0.2, 0) is 9.53 Å². The minimum Gasteiger partial charge on any atom is -0.494 e. The van der Waals surface area contributed by atoms with Crippen LogP contribution in [0.2, 0.25) is 0 Å². The number of anilines is 3. The van der Waals surface area contributed by atoms with Gasteiger partial charge in [-0.2, -0.15) is 4.98 Å². The lowest BCUT2D eigenvalue weighted by Crippen LogP contribution is -2.35. The van der Waals surface area contributed by atoms with E-state index in [1.54, 1.807) is 18.2 Å². The third kappa shape index (κ3) is 6.20. The number of carbonyl (C=O) groups is 3. The summed E-state index contributed by atoms with van der Waals surface area (Å²) in [7, 11) is 2.53. The summed E-state index contributed by atoms with van der Waals surface area (Å²) in [6, 6.07) is 5.08. The Morgan fingerprint density at radius 2 is 2.00 bits per heavy atom. The normalized spacial score (nSPS) is 15.5. The molecule has 15 nitrogen and oxygen atoms in total. The summed E-state index contributed by atoms with van der Waals surface area (Å²) in [4.78, 5) is 41.0. The average molecular weight is 544 g/mol. The van der Waals surface area contributed by atoms with Crippen LogP contribution in [0.15, 0.2) is 28.8 Å². The predicted molar refractivity (Wildman–Crippen MR) is 136 cm³/mol. The van der Waals surface area contributed by atoms with E-state index in [-0.39, 0.29) is 52.2 Å². The Balaban J connectivity index is 1.69. The number of aliphatic hydroxyl groups is 1. The molecule has 4 rings (SSSR count). The number of nitrogens with one attached hydrogen (secondary N) is 4. The van der Waals surface area contributed by atoms with Crippen LogP contribution in [0.1, 0.15) is 46.2 Å². The van der Waals surface area contributed by atoms with Crippen molar-refractivity contribution < 1.29 is 37.6 Å². The molecule has 0 saturated heterocycles. The van der Waals surface area contributed by atoms with Crippen molar-refractivity contribution in [2.24, 2.45) is 5.92 Å². The summed E-state index contributed by atoms with van der Waals surface area (Å²) in [5.41, 5.74) is 0.207. The zero-order chi connectivity index (χ0) is 30.6. The van der Waals surface area contributed by atoms with Gasteiger partial charge in [-0.25, -0.2) is 4.79 Å². The summed E-state index contributed by atoms with van der Waals surface area (Å²) in [6.45, 7) is -1.37. The molecule has 1 saturated carbocycles. The summed E-state index contributed by atoms with van der Waals surface area (Å²) < 4.78 is 37.7. The molecule has 0 unspecified atom stereocenters. The van der Waals surface area contributed by atoms with Gasteiger partial charge in [0.25, 0.3) is 11.8 Å². The molecule has 3 amide bonds. The largest absolute Gasteiger partial charge is 0.494 e. The van der Waals surface area contributed by atoms with Gasteiger partial charge < -0.3 is 40.4 Å². The van der Waals surface area contributed by atoms with Crippen LogP contribution in [0.25, 0.3) is 11.5 Å². The number of rotatable bonds is 10. The summed E-state index contributed by atoms with van der Waals surface area (Å²) in [6.07, 6.45) is -0.408. The van der Waals surface area contributed by atoms with Gasteiger partial charge in [0.1, 0.15) is 6.04 Å². The summed E-state index contributed by atoms with van der Waals surface area (Å²) in [5.74, 6) is -1.28. The van der Waals surface area contributed by atoms with Crippen LogP contribution in [0, 0.1) is 5.92 Å². The molecule has 0 radical (unpaired) electrons. The number of benzene rings is 1. The van der Waals surface area contributed by atoms with Crippen LogP contribution in [0.3, 0.4) is 0 Å². The van der Waals surface area contributed by atoms with Crippen LogP contribution >= 0.6 is 0 Å². The number of methoxy groups -OCH3 is 2. The van der Waals surface area contributed by atoms with E-state index in [1.807, 2.05) is 5.32 Å². The Hall–Kier alpha value is -4.79. The highest BCUT2D eigenvalue weighted by Gasteiger charge is 2.30. The van der Waals surface area contributed by atoms with E-state index >= 15 is 0 Å². The summed E-state index contributed by atoms with van der Waals surface area (Å²) in [5, 5.41) is 31.6. The Kier molecular flexibility index (Phi) is 7.02. The van der Waals surface area contributed by atoms with E-state index in [2.05, 4.69) is 41.0 Å². The van der Waals surface area contributed by atoms with Gasteiger partial charge in [-0.15, -0.1) is 10.2 Å². The van der Waals surface area contributed by atoms with Gasteiger partial charge in [0.05, 0.1) is 37.3 Å². The first-order chi connectivity index (χ1) is 19.9. The molecule has 39 heavy (non-hydrogen) atoms. The smallest absolute Gasteiger partial charge is 0.407 e. The molecular weight excluding hydrogens is 512 g/mol. The number of alkyl carbamates (subject to hydrolysis) is 1. The first kappa shape index (κ1) is 23.3. The molecule has 5 N–H and O–H groups in total.